The molecular weight excluding hydrogens is 454 g/mol. The number of anilines is 1. The third-order valence-corrected chi connectivity index (χ3v) is 6.61. The predicted molar refractivity (Wildman–Crippen MR) is 129 cm³/mol. The van der Waals surface area contributed by atoms with Gasteiger partial charge in [0.2, 0.25) is 5.91 Å². The maximum Gasteiger partial charge on any atom is 0.356 e. The van der Waals surface area contributed by atoms with Gasteiger partial charge in [0.05, 0.1) is 10.9 Å². The van der Waals surface area contributed by atoms with E-state index in [1.807, 2.05) is 24.3 Å². The summed E-state index contributed by atoms with van der Waals surface area (Å²) < 4.78 is 5.32. The van der Waals surface area contributed by atoms with Crippen LogP contribution in [0.1, 0.15) is 11.1 Å². The van der Waals surface area contributed by atoms with E-state index in [1.165, 1.54) is 4.90 Å². The van der Waals surface area contributed by atoms with Crippen molar-refractivity contribution in [3.63, 3.8) is 0 Å². The number of carbonyl (C=O) groups excluding carboxylic acids is 2. The van der Waals surface area contributed by atoms with Crippen molar-refractivity contribution in [1.82, 2.24) is 4.90 Å². The van der Waals surface area contributed by atoms with Crippen LogP contribution in [0, 0.1) is 11.3 Å². The maximum atomic E-state index is 12.9. The smallest absolute Gasteiger partial charge is 0.356 e. The zero-order chi connectivity index (χ0) is 24.2. The van der Waals surface area contributed by atoms with Crippen LogP contribution in [0.15, 0.2) is 69.9 Å². The van der Waals surface area contributed by atoms with Crippen LogP contribution < -0.4 is 10.5 Å². The Labute approximate surface area is 200 Å². The fourth-order valence-corrected chi connectivity index (χ4v) is 4.73. The number of hydrogen-bond acceptors (Lipinski definition) is 8. The molecular formula is C25H21N3O5S. The van der Waals surface area contributed by atoms with Gasteiger partial charge in [-0.2, -0.15) is 5.26 Å². The minimum atomic E-state index is -0.747. The van der Waals surface area contributed by atoms with Crippen LogP contribution in [0.4, 0.5) is 10.5 Å². The van der Waals surface area contributed by atoms with Gasteiger partial charge in [0, 0.05) is 31.8 Å². The summed E-state index contributed by atoms with van der Waals surface area (Å²) in [5.74, 6) is 0.177. The second kappa shape index (κ2) is 9.85. The first-order chi connectivity index (χ1) is 16.4. The van der Waals surface area contributed by atoms with Gasteiger partial charge in [0.15, 0.2) is 5.56 Å². The van der Waals surface area contributed by atoms with Crippen LogP contribution in [0.3, 0.4) is 0 Å². The molecule has 0 spiro atoms. The Morgan fingerprint density at radius 1 is 1.12 bits per heavy atom. The number of imide groups is 1. The van der Waals surface area contributed by atoms with Crippen LogP contribution in [0.2, 0.25) is 0 Å². The maximum absolute atomic E-state index is 12.9. The van der Waals surface area contributed by atoms with E-state index in [9.17, 15) is 24.8 Å². The summed E-state index contributed by atoms with van der Waals surface area (Å²) in [6.07, 6.45) is 0.376. The second-order valence-corrected chi connectivity index (χ2v) is 8.94. The standard InChI is InChI=1S/C25H21N3O5S/c1-27(20-14-21(17-5-3-2-4-6-17)33-24(31)19(20)15-26)11-12-28-23(30)22(34-25(28)32)13-16-7-9-18(29)10-8-16/h2-10,14,22,29H,11-13H2,1H3. The molecule has 34 heavy (non-hydrogen) atoms. The summed E-state index contributed by atoms with van der Waals surface area (Å²) in [5, 5.41) is 18.0. The van der Waals surface area contributed by atoms with Gasteiger partial charge >= 0.3 is 5.63 Å². The zero-order valence-electron chi connectivity index (χ0n) is 18.3. The molecule has 2 aromatic carbocycles. The number of benzene rings is 2. The predicted octanol–water partition coefficient (Wildman–Crippen LogP) is 3.63. The SMILES string of the molecule is CN(CCN1C(=O)SC(Cc2ccc(O)cc2)C1=O)c1cc(-c2ccccc2)oc(=O)c1C#N. The zero-order valence-corrected chi connectivity index (χ0v) is 19.1. The van der Waals surface area contributed by atoms with Crippen molar-refractivity contribution in [2.45, 2.75) is 11.7 Å². The third-order valence-electron chi connectivity index (χ3n) is 5.53. The van der Waals surface area contributed by atoms with Gasteiger partial charge in [-0.05, 0) is 24.1 Å². The number of phenols is 1. The van der Waals surface area contributed by atoms with Crippen molar-refractivity contribution in [1.29, 1.82) is 5.26 Å². The van der Waals surface area contributed by atoms with Crippen molar-refractivity contribution >= 4 is 28.6 Å². The number of rotatable bonds is 7. The topological polar surface area (TPSA) is 115 Å². The number of aromatic hydroxyl groups is 1. The molecule has 1 aromatic heterocycles. The Hall–Kier alpha value is -4.03. The van der Waals surface area contributed by atoms with E-state index in [0.29, 0.717) is 23.4 Å². The van der Waals surface area contributed by atoms with E-state index in [4.69, 9.17) is 4.42 Å². The molecule has 0 aliphatic carbocycles. The molecule has 4 rings (SSSR count). The lowest BCUT2D eigenvalue weighted by Crippen LogP contribution is -2.38. The summed E-state index contributed by atoms with van der Waals surface area (Å²) in [4.78, 5) is 40.6. The van der Waals surface area contributed by atoms with Crippen LogP contribution >= 0.6 is 11.8 Å². The molecule has 8 nitrogen and oxygen atoms in total. The van der Waals surface area contributed by atoms with Crippen molar-refractivity contribution in [3.05, 3.63) is 82.2 Å². The van der Waals surface area contributed by atoms with E-state index in [-0.39, 0.29) is 35.5 Å². The van der Waals surface area contributed by atoms with E-state index >= 15 is 0 Å². The molecule has 172 valence electrons. The number of carbonyl (C=O) groups is 2. The van der Waals surface area contributed by atoms with Crippen LogP contribution in [-0.4, -0.2) is 46.5 Å². The summed E-state index contributed by atoms with van der Waals surface area (Å²) >= 11 is 0.977. The van der Waals surface area contributed by atoms with Crippen molar-refractivity contribution in [2.24, 2.45) is 0 Å². The second-order valence-electron chi connectivity index (χ2n) is 7.79. The first kappa shape index (κ1) is 23.1. The lowest BCUT2D eigenvalue weighted by Gasteiger charge is -2.23. The number of nitrogens with zero attached hydrogens (tertiary/aromatic N) is 3. The quantitative estimate of drug-likeness (QED) is 0.551. The Morgan fingerprint density at radius 3 is 2.50 bits per heavy atom. The minimum absolute atomic E-state index is 0.110. The average molecular weight is 476 g/mol. The van der Waals surface area contributed by atoms with Crippen molar-refractivity contribution in [3.8, 4) is 23.1 Å². The van der Waals surface area contributed by atoms with E-state index in [2.05, 4.69) is 0 Å². The molecule has 1 aliphatic heterocycles. The molecule has 1 N–H and O–H groups in total. The molecule has 1 aliphatic rings. The van der Waals surface area contributed by atoms with Crippen molar-refractivity contribution in [2.75, 3.05) is 25.0 Å². The molecule has 2 heterocycles. The van der Waals surface area contributed by atoms with Gasteiger partial charge in [-0.25, -0.2) is 4.79 Å². The molecule has 9 heteroatoms. The molecule has 1 saturated heterocycles. The summed E-state index contributed by atoms with van der Waals surface area (Å²) in [7, 11) is 1.69. The molecule has 1 unspecified atom stereocenters. The summed E-state index contributed by atoms with van der Waals surface area (Å²) in [5.41, 5.74) is 1.02. The highest BCUT2D eigenvalue weighted by Gasteiger charge is 2.39. The number of nitriles is 1. The largest absolute Gasteiger partial charge is 0.508 e. The fraction of sp³-hybridized carbons (Fsp3) is 0.200. The minimum Gasteiger partial charge on any atom is -0.508 e. The average Bonchev–Trinajstić information content (AvgIpc) is 3.10. The number of hydrogen-bond donors (Lipinski definition) is 1. The van der Waals surface area contributed by atoms with E-state index in [0.717, 1.165) is 17.3 Å². The number of likely N-dealkylation sites (N-methyl/N-ethyl adjacent to an activating group) is 1. The fourth-order valence-electron chi connectivity index (χ4n) is 3.68. The highest BCUT2D eigenvalue weighted by Crippen LogP contribution is 2.30. The normalized spacial score (nSPS) is 15.4. The first-order valence-corrected chi connectivity index (χ1v) is 11.4. The third kappa shape index (κ3) is 4.82. The molecule has 3 aromatic rings. The highest BCUT2D eigenvalue weighted by atomic mass is 32.2. The lowest BCUT2D eigenvalue weighted by molar-refractivity contribution is -0.126. The molecule has 0 bridgehead atoms. The van der Waals surface area contributed by atoms with Gasteiger partial charge in [-0.15, -0.1) is 0 Å². The highest BCUT2D eigenvalue weighted by molar-refractivity contribution is 8.15. The Morgan fingerprint density at radius 2 is 1.82 bits per heavy atom. The van der Waals surface area contributed by atoms with Crippen LogP contribution in [0.5, 0.6) is 5.75 Å². The molecule has 1 fully saturated rings. The molecule has 2 amide bonds. The van der Waals surface area contributed by atoms with Gasteiger partial charge in [0.1, 0.15) is 17.6 Å². The van der Waals surface area contributed by atoms with Crippen molar-refractivity contribution < 1.29 is 19.1 Å². The molecule has 1 atom stereocenters. The number of phenolic OH excluding ortho intramolecular Hbond substituents is 1. The van der Waals surface area contributed by atoms with Gasteiger partial charge in [-0.3, -0.25) is 14.5 Å². The van der Waals surface area contributed by atoms with Crippen LogP contribution in [-0.2, 0) is 11.2 Å². The number of amides is 2. The van der Waals surface area contributed by atoms with Gasteiger partial charge in [-0.1, -0.05) is 54.2 Å². The van der Waals surface area contributed by atoms with E-state index in [1.54, 1.807) is 54.4 Å². The Balaban J connectivity index is 1.48. The molecule has 0 radical (unpaired) electrons. The Bertz CT molecular complexity index is 1320. The van der Waals surface area contributed by atoms with Gasteiger partial charge < -0.3 is 14.4 Å². The summed E-state index contributed by atoms with van der Waals surface area (Å²) in [6, 6.07) is 19.1. The monoisotopic (exact) mass is 475 g/mol. The van der Waals surface area contributed by atoms with Crippen LogP contribution in [0.25, 0.3) is 11.3 Å². The number of thioether (sulfide) groups is 1. The van der Waals surface area contributed by atoms with Gasteiger partial charge in [0.25, 0.3) is 5.24 Å². The summed E-state index contributed by atoms with van der Waals surface area (Å²) in [6.45, 7) is 0.343. The lowest BCUT2D eigenvalue weighted by atomic mass is 10.1. The van der Waals surface area contributed by atoms with E-state index < -0.39 is 10.9 Å². The molecule has 0 saturated carbocycles. The first-order valence-electron chi connectivity index (χ1n) is 10.5. The Kier molecular flexibility index (Phi) is 6.70.